The van der Waals surface area contributed by atoms with Crippen molar-refractivity contribution in [3.63, 3.8) is 0 Å². The molecule has 0 amide bonds. The molecule has 2 heterocycles. The van der Waals surface area contributed by atoms with Crippen LogP contribution in [-0.4, -0.2) is 18.7 Å². The molecule has 1 aliphatic rings. The van der Waals surface area contributed by atoms with Gasteiger partial charge in [0.1, 0.15) is 6.61 Å². The minimum atomic E-state index is -0.132. The average molecular weight is 257 g/mol. The van der Waals surface area contributed by atoms with Crippen molar-refractivity contribution in [3.05, 3.63) is 47.7 Å². The third kappa shape index (κ3) is 2.21. The first-order chi connectivity index (χ1) is 9.28. The van der Waals surface area contributed by atoms with Gasteiger partial charge in [0.25, 0.3) is 0 Å². The quantitative estimate of drug-likeness (QED) is 0.829. The Hall–Kier alpha value is -2.23. The average Bonchev–Trinajstić information content (AvgIpc) is 2.47. The van der Waals surface area contributed by atoms with Crippen molar-refractivity contribution in [2.45, 2.75) is 13.0 Å². The normalized spacial score (nSPS) is 17.1. The molecule has 0 aliphatic carbocycles. The molecule has 19 heavy (non-hydrogen) atoms. The third-order valence-electron chi connectivity index (χ3n) is 3.17. The van der Waals surface area contributed by atoms with Crippen molar-refractivity contribution in [2.24, 2.45) is 0 Å². The highest BCUT2D eigenvalue weighted by Crippen LogP contribution is 2.38. The molecule has 0 radical (unpaired) electrons. The third-order valence-corrected chi connectivity index (χ3v) is 3.17. The summed E-state index contributed by atoms with van der Waals surface area (Å²) in [7, 11) is 1.60. The number of methoxy groups -OCH3 is 1. The standard InChI is InChI=1S/C15H15NO3/c1-10-4-3-5-12-15(10)19-13(9-18-12)11-6-7-14(17-2)16-8-11/h3-8,13H,9H2,1-2H3. The number of hydrogen-bond acceptors (Lipinski definition) is 4. The zero-order chi connectivity index (χ0) is 13.2. The van der Waals surface area contributed by atoms with Crippen molar-refractivity contribution >= 4 is 0 Å². The highest BCUT2D eigenvalue weighted by atomic mass is 16.6. The second kappa shape index (κ2) is 4.80. The fraction of sp³-hybridized carbons (Fsp3) is 0.267. The van der Waals surface area contributed by atoms with Crippen molar-refractivity contribution < 1.29 is 14.2 Å². The summed E-state index contributed by atoms with van der Waals surface area (Å²) in [4.78, 5) is 4.19. The van der Waals surface area contributed by atoms with E-state index in [9.17, 15) is 0 Å². The molecule has 0 saturated carbocycles. The Bertz CT molecular complexity index is 580. The number of aryl methyl sites for hydroxylation is 1. The highest BCUT2D eigenvalue weighted by Gasteiger charge is 2.24. The lowest BCUT2D eigenvalue weighted by Gasteiger charge is -2.27. The van der Waals surface area contributed by atoms with Gasteiger partial charge in [-0.15, -0.1) is 0 Å². The number of fused-ring (bicyclic) bond motifs is 1. The Morgan fingerprint density at radius 2 is 2.16 bits per heavy atom. The van der Waals surface area contributed by atoms with Gasteiger partial charge in [0.2, 0.25) is 5.88 Å². The molecule has 0 saturated heterocycles. The highest BCUT2D eigenvalue weighted by molar-refractivity contribution is 5.47. The molecule has 1 aromatic carbocycles. The zero-order valence-electron chi connectivity index (χ0n) is 10.9. The Morgan fingerprint density at radius 3 is 2.89 bits per heavy atom. The molecule has 2 aromatic rings. The number of nitrogens with zero attached hydrogens (tertiary/aromatic N) is 1. The molecule has 1 aromatic heterocycles. The fourth-order valence-electron chi connectivity index (χ4n) is 2.10. The van der Waals surface area contributed by atoms with Gasteiger partial charge in [-0.05, 0) is 24.6 Å². The SMILES string of the molecule is COc1ccc(C2COc3cccc(C)c3O2)cn1. The van der Waals surface area contributed by atoms with E-state index in [1.165, 1.54) is 0 Å². The molecule has 3 rings (SSSR count). The van der Waals surface area contributed by atoms with Crippen LogP contribution >= 0.6 is 0 Å². The topological polar surface area (TPSA) is 40.6 Å². The second-order valence-corrected chi connectivity index (χ2v) is 4.45. The maximum absolute atomic E-state index is 6.02. The number of ether oxygens (including phenoxy) is 3. The molecule has 98 valence electrons. The fourth-order valence-corrected chi connectivity index (χ4v) is 2.10. The number of benzene rings is 1. The van der Waals surface area contributed by atoms with Crippen LogP contribution in [0.1, 0.15) is 17.2 Å². The number of para-hydroxylation sites is 1. The molecular formula is C15H15NO3. The van der Waals surface area contributed by atoms with Crippen LogP contribution in [0.25, 0.3) is 0 Å². The number of aromatic nitrogens is 1. The van der Waals surface area contributed by atoms with Crippen LogP contribution in [0.4, 0.5) is 0 Å². The van der Waals surface area contributed by atoms with E-state index in [1.807, 2.05) is 37.3 Å². The number of pyridine rings is 1. The van der Waals surface area contributed by atoms with Gasteiger partial charge in [-0.3, -0.25) is 0 Å². The van der Waals surface area contributed by atoms with Gasteiger partial charge in [-0.25, -0.2) is 4.98 Å². The lowest BCUT2D eigenvalue weighted by atomic mass is 10.1. The first kappa shape index (κ1) is 11.8. The predicted octanol–water partition coefficient (Wildman–Crippen LogP) is 2.91. The van der Waals surface area contributed by atoms with E-state index in [4.69, 9.17) is 14.2 Å². The Kier molecular flexibility index (Phi) is 2.99. The molecular weight excluding hydrogens is 242 g/mol. The summed E-state index contributed by atoms with van der Waals surface area (Å²) < 4.78 is 16.8. The van der Waals surface area contributed by atoms with Gasteiger partial charge in [-0.2, -0.15) is 0 Å². The minimum Gasteiger partial charge on any atom is -0.485 e. The molecule has 0 N–H and O–H groups in total. The van der Waals surface area contributed by atoms with Gasteiger partial charge in [-0.1, -0.05) is 12.1 Å². The number of rotatable bonds is 2. The first-order valence-corrected chi connectivity index (χ1v) is 6.17. The van der Waals surface area contributed by atoms with E-state index in [0.717, 1.165) is 22.6 Å². The van der Waals surface area contributed by atoms with Crippen molar-refractivity contribution in [1.82, 2.24) is 4.98 Å². The van der Waals surface area contributed by atoms with Crippen molar-refractivity contribution in [1.29, 1.82) is 0 Å². The van der Waals surface area contributed by atoms with Crippen LogP contribution in [0.5, 0.6) is 17.4 Å². The van der Waals surface area contributed by atoms with Crippen molar-refractivity contribution in [2.75, 3.05) is 13.7 Å². The van der Waals surface area contributed by atoms with E-state index in [0.29, 0.717) is 12.5 Å². The van der Waals surface area contributed by atoms with E-state index >= 15 is 0 Å². The Labute approximate surface area is 112 Å². The van der Waals surface area contributed by atoms with E-state index < -0.39 is 0 Å². The van der Waals surface area contributed by atoms with Gasteiger partial charge in [0, 0.05) is 17.8 Å². The lowest BCUT2D eigenvalue weighted by molar-refractivity contribution is 0.0900. The van der Waals surface area contributed by atoms with Crippen LogP contribution in [0, 0.1) is 6.92 Å². The minimum absolute atomic E-state index is 0.132. The predicted molar refractivity (Wildman–Crippen MR) is 70.8 cm³/mol. The smallest absolute Gasteiger partial charge is 0.212 e. The Morgan fingerprint density at radius 1 is 1.26 bits per heavy atom. The molecule has 4 nitrogen and oxygen atoms in total. The van der Waals surface area contributed by atoms with E-state index in [-0.39, 0.29) is 6.10 Å². The molecule has 4 heteroatoms. The van der Waals surface area contributed by atoms with Gasteiger partial charge in [0.15, 0.2) is 17.6 Å². The lowest BCUT2D eigenvalue weighted by Crippen LogP contribution is -2.22. The summed E-state index contributed by atoms with van der Waals surface area (Å²) in [5, 5.41) is 0. The largest absolute Gasteiger partial charge is 0.485 e. The van der Waals surface area contributed by atoms with Crippen LogP contribution in [0.3, 0.4) is 0 Å². The monoisotopic (exact) mass is 257 g/mol. The summed E-state index contributed by atoms with van der Waals surface area (Å²) in [5.41, 5.74) is 2.05. The molecule has 1 aliphatic heterocycles. The van der Waals surface area contributed by atoms with E-state index in [1.54, 1.807) is 13.3 Å². The summed E-state index contributed by atoms with van der Waals surface area (Å²) >= 11 is 0. The van der Waals surface area contributed by atoms with E-state index in [2.05, 4.69) is 4.98 Å². The van der Waals surface area contributed by atoms with Crippen LogP contribution in [0.15, 0.2) is 36.5 Å². The number of hydrogen-bond donors (Lipinski definition) is 0. The van der Waals surface area contributed by atoms with Gasteiger partial charge < -0.3 is 14.2 Å². The molecule has 0 bridgehead atoms. The maximum atomic E-state index is 6.02. The summed E-state index contributed by atoms with van der Waals surface area (Å²) in [6.45, 7) is 2.50. The molecule has 1 unspecified atom stereocenters. The van der Waals surface area contributed by atoms with Crippen LogP contribution in [-0.2, 0) is 0 Å². The van der Waals surface area contributed by atoms with Crippen molar-refractivity contribution in [3.8, 4) is 17.4 Å². The van der Waals surface area contributed by atoms with Crippen LogP contribution in [0.2, 0.25) is 0 Å². The summed E-state index contributed by atoms with van der Waals surface area (Å²) in [6, 6.07) is 9.67. The second-order valence-electron chi connectivity index (χ2n) is 4.45. The van der Waals surface area contributed by atoms with Gasteiger partial charge >= 0.3 is 0 Å². The summed E-state index contributed by atoms with van der Waals surface area (Å²) in [5.74, 6) is 2.21. The molecule has 0 fully saturated rings. The molecule has 1 atom stereocenters. The van der Waals surface area contributed by atoms with Crippen LogP contribution < -0.4 is 14.2 Å². The Balaban J connectivity index is 1.86. The first-order valence-electron chi connectivity index (χ1n) is 6.17. The maximum Gasteiger partial charge on any atom is 0.212 e. The van der Waals surface area contributed by atoms with Gasteiger partial charge in [0.05, 0.1) is 7.11 Å². The summed E-state index contributed by atoms with van der Waals surface area (Å²) in [6.07, 6.45) is 1.63. The zero-order valence-corrected chi connectivity index (χ0v) is 10.9. The molecule has 0 spiro atoms.